The lowest BCUT2D eigenvalue weighted by Crippen LogP contribution is -2.37. The van der Waals surface area contributed by atoms with Crippen LogP contribution >= 0.6 is 0 Å². The standard InChI is InChI=1S/C18H23NO2/c1-21-16-7-5-6-14-13(16)8-9-15(17(14)20)18(12-19)10-3-2-4-11-18/h5-9,20H,2-4,10-12,19H2,1H3. The minimum atomic E-state index is -0.0698. The summed E-state index contributed by atoms with van der Waals surface area (Å²) in [6.45, 7) is 0.593. The molecule has 21 heavy (non-hydrogen) atoms. The van der Waals surface area contributed by atoms with Gasteiger partial charge < -0.3 is 15.6 Å². The van der Waals surface area contributed by atoms with Crippen molar-refractivity contribution in [3.63, 3.8) is 0 Å². The molecule has 112 valence electrons. The molecule has 0 amide bonds. The molecule has 1 saturated carbocycles. The molecule has 1 fully saturated rings. The summed E-state index contributed by atoms with van der Waals surface area (Å²) in [6.07, 6.45) is 5.77. The largest absolute Gasteiger partial charge is 0.507 e. The SMILES string of the molecule is COc1cccc2c(O)c(C3(CN)CCCCC3)ccc12. The van der Waals surface area contributed by atoms with Crippen LogP contribution in [-0.4, -0.2) is 18.8 Å². The van der Waals surface area contributed by atoms with Gasteiger partial charge in [0.2, 0.25) is 0 Å². The molecule has 3 nitrogen and oxygen atoms in total. The summed E-state index contributed by atoms with van der Waals surface area (Å²) in [5, 5.41) is 12.6. The fourth-order valence-corrected chi connectivity index (χ4v) is 3.73. The third-order valence-electron chi connectivity index (χ3n) is 4.99. The van der Waals surface area contributed by atoms with Gasteiger partial charge >= 0.3 is 0 Å². The van der Waals surface area contributed by atoms with E-state index in [9.17, 15) is 5.11 Å². The van der Waals surface area contributed by atoms with Crippen LogP contribution in [0.15, 0.2) is 30.3 Å². The van der Waals surface area contributed by atoms with Crippen molar-refractivity contribution in [2.75, 3.05) is 13.7 Å². The van der Waals surface area contributed by atoms with Gasteiger partial charge in [0.15, 0.2) is 0 Å². The second-order valence-electron chi connectivity index (χ2n) is 6.06. The van der Waals surface area contributed by atoms with Crippen molar-refractivity contribution in [2.24, 2.45) is 5.73 Å². The summed E-state index contributed by atoms with van der Waals surface area (Å²) in [5.74, 6) is 1.17. The van der Waals surface area contributed by atoms with Gasteiger partial charge in [0, 0.05) is 28.3 Å². The van der Waals surface area contributed by atoms with Gasteiger partial charge in [0.1, 0.15) is 11.5 Å². The summed E-state index contributed by atoms with van der Waals surface area (Å²) in [7, 11) is 1.66. The maximum absolute atomic E-state index is 10.8. The maximum Gasteiger partial charge on any atom is 0.127 e. The smallest absolute Gasteiger partial charge is 0.127 e. The van der Waals surface area contributed by atoms with E-state index in [1.165, 1.54) is 19.3 Å². The predicted molar refractivity (Wildman–Crippen MR) is 86.0 cm³/mol. The highest BCUT2D eigenvalue weighted by Gasteiger charge is 2.35. The van der Waals surface area contributed by atoms with E-state index >= 15 is 0 Å². The van der Waals surface area contributed by atoms with Crippen LogP contribution in [0.3, 0.4) is 0 Å². The van der Waals surface area contributed by atoms with E-state index in [2.05, 4.69) is 6.07 Å². The van der Waals surface area contributed by atoms with Crippen molar-refractivity contribution in [3.8, 4) is 11.5 Å². The molecule has 0 aliphatic heterocycles. The Balaban J connectivity index is 2.18. The van der Waals surface area contributed by atoms with Gasteiger partial charge in [-0.2, -0.15) is 0 Å². The van der Waals surface area contributed by atoms with Crippen LogP contribution in [0.1, 0.15) is 37.7 Å². The van der Waals surface area contributed by atoms with Gasteiger partial charge in [0.25, 0.3) is 0 Å². The average molecular weight is 285 g/mol. The zero-order chi connectivity index (χ0) is 14.9. The first-order chi connectivity index (χ1) is 10.2. The summed E-state index contributed by atoms with van der Waals surface area (Å²) in [5.41, 5.74) is 7.04. The molecule has 0 unspecified atom stereocenters. The second-order valence-corrected chi connectivity index (χ2v) is 6.06. The molecule has 3 heteroatoms. The number of aromatic hydroxyl groups is 1. The summed E-state index contributed by atoms with van der Waals surface area (Å²) < 4.78 is 5.38. The first-order valence-corrected chi connectivity index (χ1v) is 7.71. The van der Waals surface area contributed by atoms with Gasteiger partial charge in [0.05, 0.1) is 7.11 Å². The summed E-state index contributed by atoms with van der Waals surface area (Å²) in [4.78, 5) is 0. The molecule has 0 saturated heterocycles. The van der Waals surface area contributed by atoms with Crippen molar-refractivity contribution >= 4 is 10.8 Å². The van der Waals surface area contributed by atoms with Crippen LogP contribution < -0.4 is 10.5 Å². The molecule has 0 heterocycles. The van der Waals surface area contributed by atoms with Crippen LogP contribution in [0, 0.1) is 0 Å². The van der Waals surface area contributed by atoms with Crippen LogP contribution in [0.5, 0.6) is 11.5 Å². The minimum Gasteiger partial charge on any atom is -0.507 e. The molecule has 0 spiro atoms. The molecule has 0 bridgehead atoms. The third kappa shape index (κ3) is 2.26. The first-order valence-electron chi connectivity index (χ1n) is 7.71. The Morgan fingerprint density at radius 1 is 1.10 bits per heavy atom. The number of benzene rings is 2. The lowest BCUT2D eigenvalue weighted by atomic mass is 9.69. The third-order valence-corrected chi connectivity index (χ3v) is 4.99. The van der Waals surface area contributed by atoms with Crippen LogP contribution in [0.4, 0.5) is 0 Å². The number of fused-ring (bicyclic) bond motifs is 1. The fourth-order valence-electron chi connectivity index (χ4n) is 3.73. The highest BCUT2D eigenvalue weighted by atomic mass is 16.5. The Hall–Kier alpha value is -1.74. The quantitative estimate of drug-likeness (QED) is 0.903. The maximum atomic E-state index is 10.8. The van der Waals surface area contributed by atoms with E-state index in [1.807, 2.05) is 24.3 Å². The van der Waals surface area contributed by atoms with Crippen molar-refractivity contribution in [1.29, 1.82) is 0 Å². The second kappa shape index (κ2) is 5.57. The van der Waals surface area contributed by atoms with E-state index in [0.29, 0.717) is 12.3 Å². The lowest BCUT2D eigenvalue weighted by Gasteiger charge is -2.37. The average Bonchev–Trinajstić information content (AvgIpc) is 2.55. The summed E-state index contributed by atoms with van der Waals surface area (Å²) in [6, 6.07) is 9.87. The van der Waals surface area contributed by atoms with Crippen molar-refractivity contribution in [2.45, 2.75) is 37.5 Å². The Bertz CT molecular complexity index is 645. The highest BCUT2D eigenvalue weighted by molar-refractivity contribution is 5.94. The van der Waals surface area contributed by atoms with Crippen molar-refractivity contribution in [1.82, 2.24) is 0 Å². The predicted octanol–water partition coefficient (Wildman–Crippen LogP) is 3.71. The van der Waals surface area contributed by atoms with Crippen molar-refractivity contribution < 1.29 is 9.84 Å². The number of nitrogens with two attached hydrogens (primary N) is 1. The summed E-state index contributed by atoms with van der Waals surface area (Å²) >= 11 is 0. The molecule has 1 aliphatic rings. The molecule has 3 N–H and O–H groups in total. The highest BCUT2D eigenvalue weighted by Crippen LogP contribution is 2.45. The number of phenolic OH excluding ortho intramolecular Hbond substituents is 1. The molecule has 0 radical (unpaired) electrons. The van der Waals surface area contributed by atoms with E-state index in [-0.39, 0.29) is 5.41 Å². The molecule has 2 aromatic carbocycles. The van der Waals surface area contributed by atoms with Gasteiger partial charge in [-0.25, -0.2) is 0 Å². The molecule has 0 aromatic heterocycles. The molecule has 1 aliphatic carbocycles. The lowest BCUT2D eigenvalue weighted by molar-refractivity contribution is 0.291. The molecule has 3 rings (SSSR count). The Morgan fingerprint density at radius 2 is 1.86 bits per heavy atom. The van der Waals surface area contributed by atoms with Crippen LogP contribution in [-0.2, 0) is 5.41 Å². The topological polar surface area (TPSA) is 55.5 Å². The molecular weight excluding hydrogens is 262 g/mol. The molecular formula is C18H23NO2. The van der Waals surface area contributed by atoms with E-state index < -0.39 is 0 Å². The van der Waals surface area contributed by atoms with Gasteiger partial charge in [-0.3, -0.25) is 0 Å². The van der Waals surface area contributed by atoms with Crippen molar-refractivity contribution in [3.05, 3.63) is 35.9 Å². The Kier molecular flexibility index (Phi) is 3.77. The van der Waals surface area contributed by atoms with Crippen LogP contribution in [0.2, 0.25) is 0 Å². The van der Waals surface area contributed by atoms with E-state index in [4.69, 9.17) is 10.5 Å². The Morgan fingerprint density at radius 3 is 2.52 bits per heavy atom. The van der Waals surface area contributed by atoms with Crippen LogP contribution in [0.25, 0.3) is 10.8 Å². The number of phenols is 1. The number of hydrogen-bond acceptors (Lipinski definition) is 3. The van der Waals surface area contributed by atoms with E-state index in [0.717, 1.165) is 34.9 Å². The number of ether oxygens (including phenoxy) is 1. The zero-order valence-electron chi connectivity index (χ0n) is 12.6. The number of hydrogen-bond donors (Lipinski definition) is 2. The number of methoxy groups -OCH3 is 1. The van der Waals surface area contributed by atoms with Gasteiger partial charge in [-0.15, -0.1) is 0 Å². The molecule has 0 atom stereocenters. The molecule has 2 aromatic rings. The zero-order valence-corrected chi connectivity index (χ0v) is 12.6. The monoisotopic (exact) mass is 285 g/mol. The van der Waals surface area contributed by atoms with E-state index in [1.54, 1.807) is 7.11 Å². The van der Waals surface area contributed by atoms with Gasteiger partial charge in [-0.1, -0.05) is 43.5 Å². The Labute approximate surface area is 125 Å². The number of rotatable bonds is 3. The first kappa shape index (κ1) is 14.2. The van der Waals surface area contributed by atoms with Gasteiger partial charge in [-0.05, 0) is 18.9 Å². The fraction of sp³-hybridized carbons (Fsp3) is 0.444. The normalized spacial score (nSPS) is 17.8. The minimum absolute atomic E-state index is 0.0698.